The number of carbonyl (C=O) groups is 3. The number of hydrogen-bond acceptors (Lipinski definition) is 7. The number of ketones is 1. The molecule has 0 amide bonds. The van der Waals surface area contributed by atoms with Crippen LogP contribution in [0.2, 0.25) is 0 Å². The zero-order chi connectivity index (χ0) is 18.4. The van der Waals surface area contributed by atoms with Crippen LogP contribution in [-0.2, 0) is 23.9 Å². The summed E-state index contributed by atoms with van der Waals surface area (Å²) in [4.78, 5) is 48.3. The third-order valence-corrected chi connectivity index (χ3v) is 3.21. The summed E-state index contributed by atoms with van der Waals surface area (Å²) in [5.41, 5.74) is -0.735. The highest BCUT2D eigenvalue weighted by molar-refractivity contribution is 6.47. The average molecular weight is 344 g/mol. The van der Waals surface area contributed by atoms with Crippen molar-refractivity contribution in [3.8, 4) is 0 Å². The van der Waals surface area contributed by atoms with E-state index in [0.29, 0.717) is 5.58 Å². The second kappa shape index (κ2) is 8.05. The molecule has 0 aliphatic rings. The molecule has 1 heterocycles. The monoisotopic (exact) mass is 344 g/mol. The molecule has 0 N–H and O–H groups in total. The van der Waals surface area contributed by atoms with Crippen molar-refractivity contribution in [3.63, 3.8) is 0 Å². The molecule has 0 aliphatic heterocycles. The van der Waals surface area contributed by atoms with Gasteiger partial charge in [-0.05, 0) is 32.1 Å². The smallest absolute Gasteiger partial charge is 0.379 e. The summed E-state index contributed by atoms with van der Waals surface area (Å²) in [6.45, 7) is 3.04. The molecule has 1 aromatic heterocycles. The van der Waals surface area contributed by atoms with Crippen LogP contribution >= 0.6 is 0 Å². The summed E-state index contributed by atoms with van der Waals surface area (Å²) in [7, 11) is 0. The molecule has 0 atom stereocenters. The summed E-state index contributed by atoms with van der Waals surface area (Å²) in [5.74, 6) is -3.41. The Morgan fingerprint density at radius 1 is 1.04 bits per heavy atom. The molecule has 25 heavy (non-hydrogen) atoms. The van der Waals surface area contributed by atoms with Crippen LogP contribution in [-0.4, -0.2) is 30.9 Å². The fourth-order valence-electron chi connectivity index (χ4n) is 2.08. The minimum Gasteiger partial charge on any atom is -0.463 e. The Bertz CT molecular complexity index is 905. The molecule has 0 spiro atoms. The van der Waals surface area contributed by atoms with Crippen molar-refractivity contribution >= 4 is 34.8 Å². The Hall–Kier alpha value is -3.22. The Morgan fingerprint density at radius 3 is 2.36 bits per heavy atom. The van der Waals surface area contributed by atoms with Crippen molar-refractivity contribution in [2.24, 2.45) is 0 Å². The van der Waals surface area contributed by atoms with Crippen molar-refractivity contribution in [1.29, 1.82) is 0 Å². The van der Waals surface area contributed by atoms with E-state index < -0.39 is 28.7 Å². The van der Waals surface area contributed by atoms with Gasteiger partial charge in [-0.15, -0.1) is 0 Å². The molecule has 7 nitrogen and oxygen atoms in total. The Morgan fingerprint density at radius 2 is 1.68 bits per heavy atom. The van der Waals surface area contributed by atoms with Gasteiger partial charge in [0.05, 0.1) is 24.2 Å². The highest BCUT2D eigenvalue weighted by Gasteiger charge is 2.27. The number of ether oxygens (including phenoxy) is 2. The van der Waals surface area contributed by atoms with Gasteiger partial charge in [-0.25, -0.2) is 9.59 Å². The van der Waals surface area contributed by atoms with Gasteiger partial charge in [0.2, 0.25) is 0 Å². The molecule has 0 saturated carbocycles. The van der Waals surface area contributed by atoms with E-state index in [1.165, 1.54) is 6.92 Å². The number of Topliss-reactive ketones (excluding diaryl/α,β-unsaturated/α-hetero) is 1. The Labute approximate surface area is 142 Å². The molecule has 0 fully saturated rings. The van der Waals surface area contributed by atoms with Crippen molar-refractivity contribution in [3.05, 3.63) is 51.9 Å². The van der Waals surface area contributed by atoms with E-state index in [9.17, 15) is 19.2 Å². The molecule has 0 bridgehead atoms. The number of para-hydroxylation sites is 1. The maximum Gasteiger partial charge on any atom is 0.379 e. The summed E-state index contributed by atoms with van der Waals surface area (Å²) in [5, 5.41) is 0.281. The van der Waals surface area contributed by atoms with Crippen molar-refractivity contribution in [1.82, 2.24) is 0 Å². The van der Waals surface area contributed by atoms with Crippen molar-refractivity contribution in [2.75, 3.05) is 13.2 Å². The van der Waals surface area contributed by atoms with Crippen LogP contribution in [0.1, 0.15) is 19.4 Å². The lowest BCUT2D eigenvalue weighted by Crippen LogP contribution is -2.25. The van der Waals surface area contributed by atoms with Crippen LogP contribution in [0.5, 0.6) is 0 Å². The quantitative estimate of drug-likeness (QED) is 0.259. The van der Waals surface area contributed by atoms with E-state index in [4.69, 9.17) is 9.15 Å². The van der Waals surface area contributed by atoms with Crippen LogP contribution in [0.4, 0.5) is 0 Å². The minimum atomic E-state index is -1.20. The minimum absolute atomic E-state index is 0.00138. The predicted molar refractivity (Wildman–Crippen MR) is 88.7 cm³/mol. The first-order valence-corrected chi connectivity index (χ1v) is 7.60. The first kappa shape index (κ1) is 18.1. The van der Waals surface area contributed by atoms with Gasteiger partial charge in [-0.3, -0.25) is 9.59 Å². The highest BCUT2D eigenvalue weighted by atomic mass is 16.5. The summed E-state index contributed by atoms with van der Waals surface area (Å²) in [6, 6.07) is 6.52. The van der Waals surface area contributed by atoms with Gasteiger partial charge in [-0.1, -0.05) is 12.1 Å². The highest BCUT2D eigenvalue weighted by Crippen LogP contribution is 2.14. The molecule has 1 aromatic carbocycles. The largest absolute Gasteiger partial charge is 0.463 e. The normalized spacial score (nSPS) is 11.2. The van der Waals surface area contributed by atoms with E-state index in [1.807, 2.05) is 0 Å². The van der Waals surface area contributed by atoms with Crippen LogP contribution in [0.15, 0.2) is 45.3 Å². The van der Waals surface area contributed by atoms with Crippen molar-refractivity contribution in [2.45, 2.75) is 13.8 Å². The third kappa shape index (κ3) is 4.00. The molecule has 0 saturated heterocycles. The van der Waals surface area contributed by atoms with E-state index in [0.717, 1.165) is 12.3 Å². The van der Waals surface area contributed by atoms with Crippen molar-refractivity contribution < 1.29 is 28.3 Å². The van der Waals surface area contributed by atoms with Gasteiger partial charge < -0.3 is 13.9 Å². The predicted octanol–water partition coefficient (Wildman–Crippen LogP) is 1.87. The summed E-state index contributed by atoms with van der Waals surface area (Å²) < 4.78 is 14.7. The number of esters is 2. The fraction of sp³-hybridized carbons (Fsp3) is 0.222. The third-order valence-electron chi connectivity index (χ3n) is 3.21. The Kier molecular flexibility index (Phi) is 5.84. The zero-order valence-electron chi connectivity index (χ0n) is 13.7. The van der Waals surface area contributed by atoms with E-state index in [-0.39, 0.29) is 24.2 Å². The summed E-state index contributed by atoms with van der Waals surface area (Å²) >= 11 is 0. The SMILES string of the molecule is CCOC(=O)C(=O)/C(=C/c1coc2ccccc2c1=O)C(=O)OCC. The van der Waals surface area contributed by atoms with E-state index in [1.54, 1.807) is 31.2 Å². The molecule has 0 unspecified atom stereocenters. The van der Waals surface area contributed by atoms with Crippen LogP contribution in [0.3, 0.4) is 0 Å². The number of rotatable bonds is 6. The second-order valence-corrected chi connectivity index (χ2v) is 4.84. The van der Waals surface area contributed by atoms with Gasteiger partial charge in [0.25, 0.3) is 5.78 Å². The van der Waals surface area contributed by atoms with E-state index in [2.05, 4.69) is 4.74 Å². The van der Waals surface area contributed by atoms with Gasteiger partial charge in [0.15, 0.2) is 5.43 Å². The maximum absolute atomic E-state index is 12.5. The van der Waals surface area contributed by atoms with Gasteiger partial charge in [-0.2, -0.15) is 0 Å². The molecule has 0 aliphatic carbocycles. The lowest BCUT2D eigenvalue weighted by molar-refractivity contribution is -0.153. The molecule has 2 aromatic rings. The molecule has 2 rings (SSSR count). The van der Waals surface area contributed by atoms with E-state index >= 15 is 0 Å². The average Bonchev–Trinajstić information content (AvgIpc) is 2.61. The molecule has 7 heteroatoms. The number of hydrogen-bond donors (Lipinski definition) is 0. The number of fused-ring (bicyclic) bond motifs is 1. The topological polar surface area (TPSA) is 99.9 Å². The second-order valence-electron chi connectivity index (χ2n) is 4.84. The standard InChI is InChI=1S/C18H16O7/c1-3-23-17(21)13(16(20)18(22)24-4-2)9-11-10-25-14-8-6-5-7-12(14)15(11)19/h5-10H,3-4H2,1-2H3/b13-9-. The first-order chi connectivity index (χ1) is 12.0. The van der Waals surface area contributed by atoms with Crippen LogP contribution in [0.25, 0.3) is 17.0 Å². The fourth-order valence-corrected chi connectivity index (χ4v) is 2.08. The number of carbonyl (C=O) groups excluding carboxylic acids is 3. The molecular formula is C18H16O7. The van der Waals surface area contributed by atoms with Gasteiger partial charge in [0.1, 0.15) is 17.4 Å². The first-order valence-electron chi connectivity index (χ1n) is 7.60. The van der Waals surface area contributed by atoms with Crippen LogP contribution in [0, 0.1) is 0 Å². The number of benzene rings is 1. The molecular weight excluding hydrogens is 328 g/mol. The summed E-state index contributed by atoms with van der Waals surface area (Å²) in [6.07, 6.45) is 2.10. The maximum atomic E-state index is 12.5. The lowest BCUT2D eigenvalue weighted by Gasteiger charge is -2.06. The van der Waals surface area contributed by atoms with Gasteiger partial charge >= 0.3 is 11.9 Å². The Balaban J connectivity index is 2.55. The zero-order valence-corrected chi connectivity index (χ0v) is 13.7. The lowest BCUT2D eigenvalue weighted by atomic mass is 10.1. The molecule has 130 valence electrons. The van der Waals surface area contributed by atoms with Gasteiger partial charge in [0, 0.05) is 0 Å². The molecule has 0 radical (unpaired) electrons. The van der Waals surface area contributed by atoms with Crippen LogP contribution < -0.4 is 5.43 Å².